The Morgan fingerprint density at radius 1 is 0.895 bits per heavy atom. The standard InChI is InChI=1S/C17H18FN/c18-11-14-12-19(13-14)17(15-7-3-1-4-8-15)16-9-5-2-6-10-16/h1-10,14,17H,11-13H2. The largest absolute Gasteiger partial charge is 0.292 e. The lowest BCUT2D eigenvalue weighted by molar-refractivity contribution is 0.0529. The molecule has 0 saturated carbocycles. The monoisotopic (exact) mass is 255 g/mol. The highest BCUT2D eigenvalue weighted by Crippen LogP contribution is 2.34. The van der Waals surface area contributed by atoms with E-state index in [4.69, 9.17) is 0 Å². The molecule has 98 valence electrons. The number of hydrogen-bond acceptors (Lipinski definition) is 1. The molecular formula is C17H18FN. The van der Waals surface area contributed by atoms with Crippen LogP contribution in [0.2, 0.25) is 0 Å². The molecule has 3 rings (SSSR count). The van der Waals surface area contributed by atoms with E-state index in [0.29, 0.717) is 0 Å². The third-order valence-electron chi connectivity index (χ3n) is 3.80. The zero-order chi connectivity index (χ0) is 13.1. The zero-order valence-corrected chi connectivity index (χ0v) is 10.9. The summed E-state index contributed by atoms with van der Waals surface area (Å²) in [7, 11) is 0. The van der Waals surface area contributed by atoms with E-state index in [9.17, 15) is 4.39 Å². The molecule has 0 spiro atoms. The van der Waals surface area contributed by atoms with Gasteiger partial charge in [0.05, 0.1) is 12.7 Å². The van der Waals surface area contributed by atoms with Crippen molar-refractivity contribution < 1.29 is 4.39 Å². The van der Waals surface area contributed by atoms with Crippen molar-refractivity contribution in [1.29, 1.82) is 0 Å². The van der Waals surface area contributed by atoms with Crippen LogP contribution in [-0.2, 0) is 0 Å². The van der Waals surface area contributed by atoms with Crippen LogP contribution < -0.4 is 0 Å². The first-order valence-electron chi connectivity index (χ1n) is 6.78. The summed E-state index contributed by atoms with van der Waals surface area (Å²) in [6.45, 7) is 1.50. The van der Waals surface area contributed by atoms with Crippen LogP contribution in [0.1, 0.15) is 17.2 Å². The first kappa shape index (κ1) is 12.4. The highest BCUT2D eigenvalue weighted by molar-refractivity contribution is 5.32. The van der Waals surface area contributed by atoms with Gasteiger partial charge in [0.2, 0.25) is 0 Å². The van der Waals surface area contributed by atoms with Crippen LogP contribution in [0, 0.1) is 5.92 Å². The fourth-order valence-electron chi connectivity index (χ4n) is 2.80. The Hall–Kier alpha value is -1.67. The second-order valence-corrected chi connectivity index (χ2v) is 5.20. The van der Waals surface area contributed by atoms with Gasteiger partial charge in [0.15, 0.2) is 0 Å². The number of likely N-dealkylation sites (tertiary alicyclic amines) is 1. The summed E-state index contributed by atoms with van der Waals surface area (Å²) >= 11 is 0. The zero-order valence-electron chi connectivity index (χ0n) is 10.9. The predicted molar refractivity (Wildman–Crippen MR) is 75.8 cm³/mol. The van der Waals surface area contributed by atoms with Gasteiger partial charge in [-0.15, -0.1) is 0 Å². The van der Waals surface area contributed by atoms with Gasteiger partial charge in [0.25, 0.3) is 0 Å². The van der Waals surface area contributed by atoms with E-state index in [0.717, 1.165) is 13.1 Å². The van der Waals surface area contributed by atoms with Gasteiger partial charge in [0.1, 0.15) is 0 Å². The fourth-order valence-corrected chi connectivity index (χ4v) is 2.80. The summed E-state index contributed by atoms with van der Waals surface area (Å²) in [6.07, 6.45) is 0. The number of alkyl halides is 1. The van der Waals surface area contributed by atoms with E-state index >= 15 is 0 Å². The van der Waals surface area contributed by atoms with Crippen molar-refractivity contribution in [2.45, 2.75) is 6.04 Å². The van der Waals surface area contributed by atoms with Gasteiger partial charge in [-0.3, -0.25) is 9.29 Å². The Morgan fingerprint density at radius 2 is 1.37 bits per heavy atom. The Labute approximate surface area is 113 Å². The van der Waals surface area contributed by atoms with Gasteiger partial charge < -0.3 is 0 Å². The molecular weight excluding hydrogens is 237 g/mol. The van der Waals surface area contributed by atoms with Crippen molar-refractivity contribution in [3.05, 3.63) is 71.8 Å². The Balaban J connectivity index is 1.89. The molecule has 19 heavy (non-hydrogen) atoms. The van der Waals surface area contributed by atoms with E-state index in [1.54, 1.807) is 0 Å². The summed E-state index contributed by atoms with van der Waals surface area (Å²) in [6, 6.07) is 21.2. The summed E-state index contributed by atoms with van der Waals surface area (Å²) in [4.78, 5) is 2.36. The molecule has 1 nitrogen and oxygen atoms in total. The maximum atomic E-state index is 12.7. The van der Waals surface area contributed by atoms with Crippen molar-refractivity contribution in [3.8, 4) is 0 Å². The Bertz CT molecular complexity index is 466. The molecule has 1 fully saturated rings. The highest BCUT2D eigenvalue weighted by Gasteiger charge is 2.33. The van der Waals surface area contributed by atoms with Crippen molar-refractivity contribution in [1.82, 2.24) is 4.90 Å². The van der Waals surface area contributed by atoms with Gasteiger partial charge >= 0.3 is 0 Å². The maximum Gasteiger partial charge on any atom is 0.0947 e. The predicted octanol–water partition coefficient (Wildman–Crippen LogP) is 3.68. The molecule has 1 heterocycles. The van der Waals surface area contributed by atoms with Crippen LogP contribution in [0.4, 0.5) is 4.39 Å². The maximum absolute atomic E-state index is 12.7. The van der Waals surface area contributed by atoms with Crippen LogP contribution in [0.5, 0.6) is 0 Å². The van der Waals surface area contributed by atoms with Gasteiger partial charge in [-0.1, -0.05) is 60.7 Å². The molecule has 0 radical (unpaired) electrons. The van der Waals surface area contributed by atoms with Gasteiger partial charge in [0, 0.05) is 19.0 Å². The molecule has 0 bridgehead atoms. The molecule has 1 saturated heterocycles. The van der Waals surface area contributed by atoms with Crippen molar-refractivity contribution in [3.63, 3.8) is 0 Å². The topological polar surface area (TPSA) is 3.24 Å². The molecule has 2 aromatic carbocycles. The fraction of sp³-hybridized carbons (Fsp3) is 0.294. The van der Waals surface area contributed by atoms with Crippen LogP contribution in [0.25, 0.3) is 0 Å². The molecule has 0 atom stereocenters. The van der Waals surface area contributed by atoms with E-state index in [1.807, 2.05) is 12.1 Å². The third kappa shape index (κ3) is 2.54. The van der Waals surface area contributed by atoms with Crippen molar-refractivity contribution in [2.24, 2.45) is 5.92 Å². The minimum absolute atomic E-state index is 0.202. The lowest BCUT2D eigenvalue weighted by Gasteiger charge is -2.43. The molecule has 0 unspecified atom stereocenters. The van der Waals surface area contributed by atoms with E-state index < -0.39 is 0 Å². The number of rotatable bonds is 4. The molecule has 0 aromatic heterocycles. The van der Waals surface area contributed by atoms with Crippen LogP contribution >= 0.6 is 0 Å². The van der Waals surface area contributed by atoms with Gasteiger partial charge in [-0.25, -0.2) is 0 Å². The van der Waals surface area contributed by atoms with E-state index in [-0.39, 0.29) is 18.6 Å². The number of nitrogens with zero attached hydrogens (tertiary/aromatic N) is 1. The lowest BCUT2D eigenvalue weighted by atomic mass is 9.91. The molecule has 0 N–H and O–H groups in total. The second kappa shape index (κ2) is 5.54. The first-order chi connectivity index (χ1) is 9.38. The summed E-state index contributed by atoms with van der Waals surface area (Å²) < 4.78 is 12.7. The molecule has 0 aliphatic carbocycles. The Morgan fingerprint density at radius 3 is 1.79 bits per heavy atom. The summed E-state index contributed by atoms with van der Waals surface area (Å²) in [5.74, 6) is 0.218. The van der Waals surface area contributed by atoms with Crippen LogP contribution in [0.3, 0.4) is 0 Å². The smallest absolute Gasteiger partial charge is 0.0947 e. The summed E-state index contributed by atoms with van der Waals surface area (Å²) in [5.41, 5.74) is 2.57. The highest BCUT2D eigenvalue weighted by atomic mass is 19.1. The molecule has 2 heteroatoms. The minimum atomic E-state index is -0.202. The number of benzene rings is 2. The quantitative estimate of drug-likeness (QED) is 0.805. The average molecular weight is 255 g/mol. The lowest BCUT2D eigenvalue weighted by Crippen LogP contribution is -2.49. The van der Waals surface area contributed by atoms with E-state index in [2.05, 4.69) is 53.4 Å². The van der Waals surface area contributed by atoms with Gasteiger partial charge in [-0.05, 0) is 11.1 Å². The number of hydrogen-bond donors (Lipinski definition) is 0. The van der Waals surface area contributed by atoms with Crippen molar-refractivity contribution in [2.75, 3.05) is 19.8 Å². The Kier molecular flexibility index (Phi) is 3.60. The van der Waals surface area contributed by atoms with Crippen molar-refractivity contribution >= 4 is 0 Å². The van der Waals surface area contributed by atoms with Crippen LogP contribution in [-0.4, -0.2) is 24.7 Å². The minimum Gasteiger partial charge on any atom is -0.292 e. The molecule has 2 aromatic rings. The SMILES string of the molecule is FCC1CN(C(c2ccccc2)c2ccccc2)C1. The molecule has 1 aliphatic rings. The van der Waals surface area contributed by atoms with E-state index in [1.165, 1.54) is 11.1 Å². The molecule has 1 aliphatic heterocycles. The second-order valence-electron chi connectivity index (χ2n) is 5.20. The third-order valence-corrected chi connectivity index (χ3v) is 3.80. The van der Waals surface area contributed by atoms with Crippen LogP contribution in [0.15, 0.2) is 60.7 Å². The average Bonchev–Trinajstić information content (AvgIpc) is 2.44. The summed E-state index contributed by atoms with van der Waals surface area (Å²) in [5, 5.41) is 0. The normalized spacial score (nSPS) is 16.5. The molecule has 0 amide bonds. The number of halogens is 1. The van der Waals surface area contributed by atoms with Gasteiger partial charge in [-0.2, -0.15) is 0 Å². The first-order valence-corrected chi connectivity index (χ1v) is 6.78.